The van der Waals surface area contributed by atoms with Crippen molar-refractivity contribution in [3.63, 3.8) is 0 Å². The first-order chi connectivity index (χ1) is 12.7. The van der Waals surface area contributed by atoms with Crippen molar-refractivity contribution in [2.75, 3.05) is 20.3 Å². The van der Waals surface area contributed by atoms with Crippen molar-refractivity contribution < 1.29 is 14.3 Å². The summed E-state index contributed by atoms with van der Waals surface area (Å²) in [4.78, 5) is 12.2. The first-order valence-electron chi connectivity index (χ1n) is 8.34. The number of hydrogen-bond acceptors (Lipinski definition) is 4. The minimum absolute atomic E-state index is 0.231. The van der Waals surface area contributed by atoms with Crippen molar-refractivity contribution in [2.45, 2.75) is 6.92 Å². The molecule has 0 fully saturated rings. The van der Waals surface area contributed by atoms with E-state index in [4.69, 9.17) is 9.47 Å². The summed E-state index contributed by atoms with van der Waals surface area (Å²) in [7, 11) is 1.62. The number of methoxy groups -OCH3 is 1. The van der Waals surface area contributed by atoms with E-state index in [0.29, 0.717) is 18.8 Å². The normalized spacial score (nSPS) is 10.4. The van der Waals surface area contributed by atoms with Gasteiger partial charge >= 0.3 is 0 Å². The number of ether oxygens (including phenoxy) is 2. The van der Waals surface area contributed by atoms with Crippen LogP contribution < -0.4 is 14.8 Å². The molecule has 1 heterocycles. The van der Waals surface area contributed by atoms with Gasteiger partial charge in [0.15, 0.2) is 5.69 Å². The average molecular weight is 351 g/mol. The highest BCUT2D eigenvalue weighted by Gasteiger charge is 2.10. The van der Waals surface area contributed by atoms with Crippen LogP contribution in [0.1, 0.15) is 16.1 Å². The molecular weight excluding hydrogens is 330 g/mol. The molecule has 3 aromatic rings. The third-order valence-electron chi connectivity index (χ3n) is 3.90. The van der Waals surface area contributed by atoms with Gasteiger partial charge in [-0.1, -0.05) is 18.2 Å². The maximum absolute atomic E-state index is 12.2. The van der Waals surface area contributed by atoms with Crippen LogP contribution in [-0.4, -0.2) is 35.9 Å². The first-order valence-corrected chi connectivity index (χ1v) is 8.34. The van der Waals surface area contributed by atoms with Gasteiger partial charge in [0, 0.05) is 6.20 Å². The topological polar surface area (TPSA) is 65.4 Å². The van der Waals surface area contributed by atoms with Gasteiger partial charge < -0.3 is 14.8 Å². The molecular formula is C20H21N3O3. The molecule has 0 radical (unpaired) electrons. The summed E-state index contributed by atoms with van der Waals surface area (Å²) >= 11 is 0. The van der Waals surface area contributed by atoms with Crippen LogP contribution in [0.3, 0.4) is 0 Å². The number of benzene rings is 2. The van der Waals surface area contributed by atoms with Crippen LogP contribution in [0, 0.1) is 6.92 Å². The molecule has 6 nitrogen and oxygen atoms in total. The van der Waals surface area contributed by atoms with E-state index < -0.39 is 0 Å². The molecule has 0 saturated heterocycles. The summed E-state index contributed by atoms with van der Waals surface area (Å²) in [5, 5.41) is 7.12. The molecule has 0 saturated carbocycles. The van der Waals surface area contributed by atoms with Crippen LogP contribution in [0.15, 0.2) is 60.8 Å². The molecule has 0 aliphatic heterocycles. The zero-order valence-electron chi connectivity index (χ0n) is 14.8. The number of aryl methyl sites for hydroxylation is 1. The van der Waals surface area contributed by atoms with Crippen molar-refractivity contribution in [3.05, 3.63) is 72.1 Å². The van der Waals surface area contributed by atoms with Gasteiger partial charge in [-0.2, -0.15) is 5.10 Å². The number of para-hydroxylation sites is 1. The second-order valence-electron chi connectivity index (χ2n) is 5.71. The molecule has 1 aromatic heterocycles. The minimum atomic E-state index is -0.231. The Balaban J connectivity index is 1.52. The summed E-state index contributed by atoms with van der Waals surface area (Å²) in [6, 6.07) is 16.9. The van der Waals surface area contributed by atoms with Gasteiger partial charge in [0.1, 0.15) is 18.1 Å². The average Bonchev–Trinajstić information content (AvgIpc) is 3.17. The van der Waals surface area contributed by atoms with Crippen LogP contribution in [0.4, 0.5) is 0 Å². The highest BCUT2D eigenvalue weighted by molar-refractivity contribution is 5.92. The van der Waals surface area contributed by atoms with E-state index in [1.807, 2.05) is 55.5 Å². The van der Waals surface area contributed by atoms with Crippen molar-refractivity contribution in [1.82, 2.24) is 15.1 Å². The largest absolute Gasteiger partial charge is 0.497 e. The van der Waals surface area contributed by atoms with Crippen LogP contribution in [0.25, 0.3) is 5.69 Å². The highest BCUT2D eigenvalue weighted by Crippen LogP contribution is 2.16. The van der Waals surface area contributed by atoms with E-state index in [-0.39, 0.29) is 5.91 Å². The number of carbonyl (C=O) groups excluding carboxylic acids is 1. The number of aromatic nitrogens is 2. The fourth-order valence-corrected chi connectivity index (χ4v) is 2.46. The Bertz CT molecular complexity index is 872. The van der Waals surface area contributed by atoms with Gasteiger partial charge in [0.25, 0.3) is 5.91 Å². The molecule has 0 atom stereocenters. The summed E-state index contributed by atoms with van der Waals surface area (Å²) in [6.45, 7) is 2.79. The SMILES string of the molecule is COc1ccc(-n2ccc(C(=O)NCCOc3ccccc3C)n2)cc1. The molecule has 2 aromatic carbocycles. The van der Waals surface area contributed by atoms with E-state index in [1.54, 1.807) is 24.1 Å². The van der Waals surface area contributed by atoms with Crippen molar-refractivity contribution in [1.29, 1.82) is 0 Å². The summed E-state index contributed by atoms with van der Waals surface area (Å²) in [6.07, 6.45) is 1.75. The Kier molecular flexibility index (Phi) is 5.53. The van der Waals surface area contributed by atoms with Gasteiger partial charge in [-0.25, -0.2) is 4.68 Å². The number of hydrogen-bond donors (Lipinski definition) is 1. The van der Waals surface area contributed by atoms with Gasteiger partial charge in [0.2, 0.25) is 0 Å². The fraction of sp³-hybridized carbons (Fsp3) is 0.200. The predicted molar refractivity (Wildman–Crippen MR) is 99.1 cm³/mol. The standard InChI is InChI=1S/C20H21N3O3/c1-15-5-3-4-6-19(15)26-14-12-21-20(24)18-11-13-23(22-18)16-7-9-17(25-2)10-8-16/h3-11,13H,12,14H2,1-2H3,(H,21,24). The molecule has 134 valence electrons. The van der Waals surface area contributed by atoms with Gasteiger partial charge in [-0.3, -0.25) is 4.79 Å². The smallest absolute Gasteiger partial charge is 0.271 e. The highest BCUT2D eigenvalue weighted by atomic mass is 16.5. The molecule has 1 amide bonds. The molecule has 6 heteroatoms. The third kappa shape index (κ3) is 4.22. The molecule has 3 rings (SSSR count). The van der Waals surface area contributed by atoms with Crippen LogP contribution in [0.2, 0.25) is 0 Å². The number of nitrogens with one attached hydrogen (secondary N) is 1. The second kappa shape index (κ2) is 8.20. The molecule has 1 N–H and O–H groups in total. The Morgan fingerprint density at radius 2 is 1.88 bits per heavy atom. The van der Waals surface area contributed by atoms with Gasteiger partial charge in [-0.05, 0) is 48.9 Å². The lowest BCUT2D eigenvalue weighted by atomic mass is 10.2. The molecule has 26 heavy (non-hydrogen) atoms. The monoisotopic (exact) mass is 351 g/mol. The lowest BCUT2D eigenvalue weighted by molar-refractivity contribution is 0.0941. The Morgan fingerprint density at radius 1 is 1.12 bits per heavy atom. The molecule has 0 bridgehead atoms. The molecule has 0 aliphatic rings. The number of rotatable bonds is 7. The number of carbonyl (C=O) groups is 1. The lowest BCUT2D eigenvalue weighted by Gasteiger charge is -2.09. The van der Waals surface area contributed by atoms with Crippen LogP contribution in [-0.2, 0) is 0 Å². The van der Waals surface area contributed by atoms with Crippen molar-refractivity contribution >= 4 is 5.91 Å². The lowest BCUT2D eigenvalue weighted by Crippen LogP contribution is -2.28. The zero-order valence-corrected chi connectivity index (χ0v) is 14.8. The first kappa shape index (κ1) is 17.5. The van der Waals surface area contributed by atoms with Crippen molar-refractivity contribution in [2.24, 2.45) is 0 Å². The van der Waals surface area contributed by atoms with E-state index in [1.165, 1.54) is 0 Å². The van der Waals surface area contributed by atoms with E-state index in [9.17, 15) is 4.79 Å². The maximum atomic E-state index is 12.2. The zero-order chi connectivity index (χ0) is 18.4. The van der Waals surface area contributed by atoms with E-state index in [2.05, 4.69) is 10.4 Å². The maximum Gasteiger partial charge on any atom is 0.271 e. The van der Waals surface area contributed by atoms with Gasteiger partial charge in [-0.15, -0.1) is 0 Å². The van der Waals surface area contributed by atoms with Crippen LogP contribution >= 0.6 is 0 Å². The summed E-state index contributed by atoms with van der Waals surface area (Å²) in [5.74, 6) is 1.36. The predicted octanol–water partition coefficient (Wildman–Crippen LogP) is 3.00. The minimum Gasteiger partial charge on any atom is -0.497 e. The van der Waals surface area contributed by atoms with Crippen LogP contribution in [0.5, 0.6) is 11.5 Å². The van der Waals surface area contributed by atoms with E-state index in [0.717, 1.165) is 22.7 Å². The molecule has 0 aliphatic carbocycles. The molecule has 0 unspecified atom stereocenters. The second-order valence-corrected chi connectivity index (χ2v) is 5.71. The fourth-order valence-electron chi connectivity index (χ4n) is 2.46. The number of nitrogens with zero attached hydrogens (tertiary/aromatic N) is 2. The van der Waals surface area contributed by atoms with Gasteiger partial charge in [0.05, 0.1) is 19.3 Å². The Hall–Kier alpha value is -3.28. The Morgan fingerprint density at radius 3 is 2.62 bits per heavy atom. The molecule has 0 spiro atoms. The number of amides is 1. The Labute approximate surface area is 152 Å². The van der Waals surface area contributed by atoms with Crippen molar-refractivity contribution in [3.8, 4) is 17.2 Å². The quantitative estimate of drug-likeness (QED) is 0.665. The van der Waals surface area contributed by atoms with E-state index >= 15 is 0 Å². The summed E-state index contributed by atoms with van der Waals surface area (Å²) in [5.41, 5.74) is 2.28. The summed E-state index contributed by atoms with van der Waals surface area (Å²) < 4.78 is 12.5. The third-order valence-corrected chi connectivity index (χ3v) is 3.90.